The van der Waals surface area contributed by atoms with Gasteiger partial charge in [-0.3, -0.25) is 4.79 Å². The van der Waals surface area contributed by atoms with Crippen molar-refractivity contribution in [1.29, 1.82) is 0 Å². The van der Waals surface area contributed by atoms with E-state index in [1.807, 2.05) is 13.0 Å². The fourth-order valence-corrected chi connectivity index (χ4v) is 2.64. The highest BCUT2D eigenvalue weighted by atomic mass is 16.5. The van der Waals surface area contributed by atoms with Gasteiger partial charge in [0.05, 0.1) is 26.5 Å². The van der Waals surface area contributed by atoms with E-state index in [4.69, 9.17) is 13.9 Å². The predicted octanol–water partition coefficient (Wildman–Crippen LogP) is 2.90. The fraction of sp³-hybridized carbons (Fsp3) is 0.211. The first-order valence-electron chi connectivity index (χ1n) is 8.31. The molecule has 0 amide bonds. The smallest absolute Gasteiger partial charge is 0.239 e. The lowest BCUT2D eigenvalue weighted by Gasteiger charge is -2.17. The third-order valence-corrected chi connectivity index (χ3v) is 4.10. The molecular formula is C19H19N3O6. The average molecular weight is 385 g/mol. The second-order valence-electron chi connectivity index (χ2n) is 5.86. The summed E-state index contributed by atoms with van der Waals surface area (Å²) in [5.41, 5.74) is 0.398. The van der Waals surface area contributed by atoms with Crippen molar-refractivity contribution < 1.29 is 28.9 Å². The molecular weight excluding hydrogens is 366 g/mol. The van der Waals surface area contributed by atoms with Crippen LogP contribution in [-0.2, 0) is 0 Å². The normalized spacial score (nSPS) is 11.7. The molecule has 0 spiro atoms. The minimum Gasteiger partial charge on any atom is -0.493 e. The number of hydrogen-bond donors (Lipinski definition) is 3. The number of carbonyl (C=O) groups excluding carboxylic acids is 1. The Hall–Kier alpha value is -3.75. The molecule has 1 unspecified atom stereocenters. The van der Waals surface area contributed by atoms with Crippen LogP contribution in [0.25, 0.3) is 0 Å². The number of ether oxygens (including phenoxy) is 2. The highest BCUT2D eigenvalue weighted by Gasteiger charge is 2.24. The van der Waals surface area contributed by atoms with E-state index >= 15 is 0 Å². The van der Waals surface area contributed by atoms with Crippen LogP contribution in [0.5, 0.6) is 23.3 Å². The molecule has 3 N–H and O–H groups in total. The number of aromatic hydroxyl groups is 2. The Balaban J connectivity index is 1.84. The molecule has 2 aromatic heterocycles. The Morgan fingerprint density at radius 1 is 1.11 bits per heavy atom. The molecule has 0 saturated heterocycles. The van der Waals surface area contributed by atoms with Gasteiger partial charge in [-0.25, -0.2) is 0 Å². The first kappa shape index (κ1) is 19.0. The zero-order valence-corrected chi connectivity index (χ0v) is 15.5. The van der Waals surface area contributed by atoms with Gasteiger partial charge < -0.3 is 29.4 Å². The summed E-state index contributed by atoms with van der Waals surface area (Å²) >= 11 is 0. The van der Waals surface area contributed by atoms with E-state index in [1.54, 1.807) is 19.2 Å². The lowest BCUT2D eigenvalue weighted by Crippen LogP contribution is -2.11. The van der Waals surface area contributed by atoms with Crippen LogP contribution in [0.3, 0.4) is 0 Å². The molecule has 0 radical (unpaired) electrons. The molecule has 1 aromatic carbocycles. The fourth-order valence-electron chi connectivity index (χ4n) is 2.64. The molecule has 0 aliphatic carbocycles. The third-order valence-electron chi connectivity index (χ3n) is 4.10. The number of furan rings is 1. The molecule has 1 atom stereocenters. The molecule has 0 fully saturated rings. The molecule has 0 saturated carbocycles. The average Bonchev–Trinajstić information content (AvgIpc) is 3.21. The molecule has 0 aliphatic heterocycles. The monoisotopic (exact) mass is 385 g/mol. The van der Waals surface area contributed by atoms with E-state index in [0.717, 1.165) is 5.56 Å². The van der Waals surface area contributed by atoms with Gasteiger partial charge in [0.1, 0.15) is 5.56 Å². The Morgan fingerprint density at radius 2 is 1.79 bits per heavy atom. The zero-order valence-electron chi connectivity index (χ0n) is 15.5. The van der Waals surface area contributed by atoms with Crippen molar-refractivity contribution in [3.05, 3.63) is 53.5 Å². The van der Waals surface area contributed by atoms with Crippen molar-refractivity contribution >= 4 is 11.7 Å². The van der Waals surface area contributed by atoms with Crippen LogP contribution in [0, 0.1) is 0 Å². The maximum Gasteiger partial charge on any atom is 0.239 e. The number of ketones is 1. The second kappa shape index (κ2) is 7.87. The van der Waals surface area contributed by atoms with Crippen LogP contribution in [0.1, 0.15) is 34.6 Å². The van der Waals surface area contributed by atoms with Gasteiger partial charge in [0.15, 0.2) is 17.3 Å². The lowest BCUT2D eigenvalue weighted by molar-refractivity contribution is 0.100. The SMILES string of the molecule is COc1ccc(C(C)Nc2nc(O)c(C(=O)c3ccco3)c(O)n2)cc1OC. The maximum atomic E-state index is 12.3. The predicted molar refractivity (Wildman–Crippen MR) is 99.1 cm³/mol. The van der Waals surface area contributed by atoms with E-state index < -0.39 is 23.1 Å². The van der Waals surface area contributed by atoms with Crippen molar-refractivity contribution in [3.8, 4) is 23.3 Å². The van der Waals surface area contributed by atoms with Crippen LogP contribution in [0.15, 0.2) is 41.0 Å². The van der Waals surface area contributed by atoms with E-state index in [1.165, 1.54) is 25.5 Å². The molecule has 0 bridgehead atoms. The summed E-state index contributed by atoms with van der Waals surface area (Å²) in [7, 11) is 3.08. The zero-order chi connectivity index (χ0) is 20.3. The first-order valence-corrected chi connectivity index (χ1v) is 8.31. The van der Waals surface area contributed by atoms with Gasteiger partial charge in [-0.15, -0.1) is 0 Å². The number of benzene rings is 1. The number of rotatable bonds is 7. The van der Waals surface area contributed by atoms with Gasteiger partial charge in [-0.1, -0.05) is 6.07 Å². The first-order chi connectivity index (χ1) is 13.4. The van der Waals surface area contributed by atoms with Crippen LogP contribution in [0.4, 0.5) is 5.95 Å². The van der Waals surface area contributed by atoms with Gasteiger partial charge in [-0.05, 0) is 36.8 Å². The number of anilines is 1. The van der Waals surface area contributed by atoms with Crippen molar-refractivity contribution in [1.82, 2.24) is 9.97 Å². The number of aromatic nitrogens is 2. The Labute approximate surface area is 160 Å². The standard InChI is InChI=1S/C19H19N3O6/c1-10(11-6-7-12(26-2)14(9-11)27-3)20-19-21-17(24)15(18(25)22-19)16(23)13-5-4-8-28-13/h4-10H,1-3H3,(H3,20,21,22,24,25). The van der Waals surface area contributed by atoms with E-state index in [2.05, 4.69) is 15.3 Å². The lowest BCUT2D eigenvalue weighted by atomic mass is 10.1. The summed E-state index contributed by atoms with van der Waals surface area (Å²) in [6.07, 6.45) is 1.31. The van der Waals surface area contributed by atoms with Gasteiger partial charge in [0.25, 0.3) is 0 Å². The molecule has 9 heteroatoms. The Morgan fingerprint density at radius 3 is 2.36 bits per heavy atom. The number of hydrogen-bond acceptors (Lipinski definition) is 9. The molecule has 2 heterocycles. The minimum absolute atomic E-state index is 0.0476. The topological polar surface area (TPSA) is 127 Å². The number of carbonyl (C=O) groups is 1. The summed E-state index contributed by atoms with van der Waals surface area (Å²) in [5, 5.41) is 23.2. The largest absolute Gasteiger partial charge is 0.493 e. The van der Waals surface area contributed by atoms with E-state index in [-0.39, 0.29) is 17.8 Å². The molecule has 3 rings (SSSR count). The van der Waals surface area contributed by atoms with Crippen molar-refractivity contribution in [2.24, 2.45) is 0 Å². The quantitative estimate of drug-likeness (QED) is 0.526. The number of nitrogens with one attached hydrogen (secondary N) is 1. The Kier molecular flexibility index (Phi) is 5.35. The van der Waals surface area contributed by atoms with Gasteiger partial charge in [0.2, 0.25) is 23.5 Å². The Bertz CT molecular complexity index is 964. The second-order valence-corrected chi connectivity index (χ2v) is 5.86. The van der Waals surface area contributed by atoms with Crippen LogP contribution in [0.2, 0.25) is 0 Å². The highest BCUT2D eigenvalue weighted by molar-refractivity contribution is 6.10. The molecule has 146 valence electrons. The van der Waals surface area contributed by atoms with Gasteiger partial charge in [-0.2, -0.15) is 9.97 Å². The molecule has 28 heavy (non-hydrogen) atoms. The summed E-state index contributed by atoms with van der Waals surface area (Å²) < 4.78 is 15.5. The van der Waals surface area contributed by atoms with Gasteiger partial charge in [0, 0.05) is 0 Å². The molecule has 0 aliphatic rings. The summed E-state index contributed by atoms with van der Waals surface area (Å²) in [5.74, 6) is -0.987. The maximum absolute atomic E-state index is 12.3. The highest BCUT2D eigenvalue weighted by Crippen LogP contribution is 2.32. The van der Waals surface area contributed by atoms with Crippen LogP contribution in [-0.4, -0.2) is 40.2 Å². The van der Waals surface area contributed by atoms with Crippen molar-refractivity contribution in [2.75, 3.05) is 19.5 Å². The summed E-state index contributed by atoms with van der Waals surface area (Å²) in [6, 6.07) is 7.99. The van der Waals surface area contributed by atoms with E-state index in [9.17, 15) is 15.0 Å². The number of nitrogens with zero attached hydrogens (tertiary/aromatic N) is 2. The molecule has 3 aromatic rings. The third kappa shape index (κ3) is 3.68. The van der Waals surface area contributed by atoms with Crippen molar-refractivity contribution in [3.63, 3.8) is 0 Å². The van der Waals surface area contributed by atoms with E-state index in [0.29, 0.717) is 11.5 Å². The minimum atomic E-state index is -0.723. The van der Waals surface area contributed by atoms with Crippen molar-refractivity contribution in [2.45, 2.75) is 13.0 Å². The number of methoxy groups -OCH3 is 2. The van der Waals surface area contributed by atoms with Gasteiger partial charge >= 0.3 is 0 Å². The van der Waals surface area contributed by atoms with Crippen LogP contribution >= 0.6 is 0 Å². The summed E-state index contributed by atoms with van der Waals surface area (Å²) in [4.78, 5) is 20.0. The molecule has 9 nitrogen and oxygen atoms in total. The van der Waals surface area contributed by atoms with Crippen LogP contribution < -0.4 is 14.8 Å². The summed E-state index contributed by atoms with van der Waals surface area (Å²) in [6.45, 7) is 1.83.